The summed E-state index contributed by atoms with van der Waals surface area (Å²) in [5.41, 5.74) is -0.646. The molecule has 6 nitrogen and oxygen atoms in total. The number of hydrogen-bond acceptors (Lipinski definition) is 4. The van der Waals surface area contributed by atoms with Crippen molar-refractivity contribution in [2.24, 2.45) is 7.05 Å². The largest absolute Gasteiger partial charge is 0.477 e. The van der Waals surface area contributed by atoms with Crippen molar-refractivity contribution in [1.82, 2.24) is 15.1 Å². The Kier molecular flexibility index (Phi) is 4.32. The van der Waals surface area contributed by atoms with Crippen molar-refractivity contribution in [3.8, 4) is 0 Å². The van der Waals surface area contributed by atoms with Crippen LogP contribution in [-0.4, -0.2) is 26.8 Å². The van der Waals surface area contributed by atoms with Gasteiger partial charge < -0.3 is 10.4 Å². The lowest BCUT2D eigenvalue weighted by Crippen LogP contribution is -2.23. The highest BCUT2D eigenvalue weighted by atomic mass is 32.1. The van der Waals surface area contributed by atoms with Crippen molar-refractivity contribution in [2.75, 3.05) is 0 Å². The maximum atomic E-state index is 12.8. The lowest BCUT2D eigenvalue weighted by Gasteiger charge is -2.05. The molecule has 0 aliphatic carbocycles. The molecule has 2 rings (SSSR count). The second-order valence-electron chi connectivity index (χ2n) is 4.12. The van der Waals surface area contributed by atoms with Crippen molar-refractivity contribution >= 4 is 23.2 Å². The molecule has 9 heteroatoms. The van der Waals surface area contributed by atoms with Crippen LogP contribution in [0.3, 0.4) is 0 Å². The predicted octanol–water partition coefficient (Wildman–Crippen LogP) is 2.05. The molecule has 0 aromatic carbocycles. The average molecular weight is 315 g/mol. The number of rotatable bonds is 5. The average Bonchev–Trinajstić information content (AvgIpc) is 3.02. The molecule has 2 aromatic heterocycles. The zero-order valence-electron chi connectivity index (χ0n) is 10.8. The lowest BCUT2D eigenvalue weighted by atomic mass is 10.2. The molecule has 0 aliphatic rings. The van der Waals surface area contributed by atoms with Crippen LogP contribution in [0.4, 0.5) is 8.78 Å². The van der Waals surface area contributed by atoms with Crippen LogP contribution in [-0.2, 0) is 13.6 Å². The van der Waals surface area contributed by atoms with Gasteiger partial charge in [-0.15, -0.1) is 11.3 Å². The molecule has 21 heavy (non-hydrogen) atoms. The molecule has 0 bridgehead atoms. The maximum absolute atomic E-state index is 12.8. The van der Waals surface area contributed by atoms with Crippen molar-refractivity contribution in [2.45, 2.75) is 13.0 Å². The second kappa shape index (κ2) is 6.00. The summed E-state index contributed by atoms with van der Waals surface area (Å²) < 4.78 is 26.6. The normalized spacial score (nSPS) is 10.9. The number of hydrogen-bond donors (Lipinski definition) is 2. The highest BCUT2D eigenvalue weighted by molar-refractivity contribution is 7.13. The summed E-state index contributed by atoms with van der Waals surface area (Å²) in [6.07, 6.45) is -1.73. The number of halogens is 2. The number of carbonyl (C=O) groups is 2. The molecule has 0 atom stereocenters. The number of alkyl halides is 2. The Balaban J connectivity index is 2.06. The number of thiophene rings is 1. The zero-order chi connectivity index (χ0) is 15.6. The minimum atomic E-state index is -2.81. The van der Waals surface area contributed by atoms with E-state index in [0.29, 0.717) is 4.88 Å². The summed E-state index contributed by atoms with van der Waals surface area (Å²) in [7, 11) is 1.33. The summed E-state index contributed by atoms with van der Waals surface area (Å²) in [4.78, 5) is 23.4. The SMILES string of the molecule is Cn1ncc(C(=O)NCc2ccc(C(=O)O)s2)c1C(F)F. The number of aromatic carboxylic acids is 1. The van der Waals surface area contributed by atoms with E-state index in [9.17, 15) is 18.4 Å². The van der Waals surface area contributed by atoms with Gasteiger partial charge in [-0.3, -0.25) is 9.48 Å². The van der Waals surface area contributed by atoms with Gasteiger partial charge in [0.2, 0.25) is 0 Å². The Morgan fingerprint density at radius 2 is 2.19 bits per heavy atom. The van der Waals surface area contributed by atoms with Gasteiger partial charge in [0.25, 0.3) is 12.3 Å². The maximum Gasteiger partial charge on any atom is 0.345 e. The first-order chi connectivity index (χ1) is 9.90. The molecule has 0 spiro atoms. The molecule has 2 heterocycles. The van der Waals surface area contributed by atoms with Crippen LogP contribution < -0.4 is 5.32 Å². The molecule has 1 amide bonds. The molecule has 0 aliphatic heterocycles. The first-order valence-electron chi connectivity index (χ1n) is 5.80. The molecule has 2 aromatic rings. The monoisotopic (exact) mass is 315 g/mol. The van der Waals surface area contributed by atoms with Crippen LogP contribution >= 0.6 is 11.3 Å². The Labute approximate surface area is 122 Å². The summed E-state index contributed by atoms with van der Waals surface area (Å²) in [5, 5.41) is 14.9. The van der Waals surface area contributed by atoms with E-state index >= 15 is 0 Å². The Hall–Kier alpha value is -2.29. The van der Waals surface area contributed by atoms with E-state index in [0.717, 1.165) is 22.2 Å². The third-order valence-corrected chi connectivity index (χ3v) is 3.80. The van der Waals surface area contributed by atoms with Crippen LogP contribution in [0.5, 0.6) is 0 Å². The number of carboxylic acid groups (broad SMARTS) is 1. The van der Waals surface area contributed by atoms with Gasteiger partial charge in [0, 0.05) is 11.9 Å². The Morgan fingerprint density at radius 3 is 2.76 bits per heavy atom. The highest BCUT2D eigenvalue weighted by Crippen LogP contribution is 2.22. The highest BCUT2D eigenvalue weighted by Gasteiger charge is 2.23. The van der Waals surface area contributed by atoms with Gasteiger partial charge in [-0.25, -0.2) is 13.6 Å². The molecule has 0 unspecified atom stereocenters. The first-order valence-corrected chi connectivity index (χ1v) is 6.62. The second-order valence-corrected chi connectivity index (χ2v) is 5.29. The summed E-state index contributed by atoms with van der Waals surface area (Å²) in [6.45, 7) is 0.0638. The number of aromatic nitrogens is 2. The van der Waals surface area contributed by atoms with Gasteiger partial charge in [-0.1, -0.05) is 0 Å². The third-order valence-electron chi connectivity index (χ3n) is 2.73. The fraction of sp³-hybridized carbons (Fsp3) is 0.250. The number of nitrogens with one attached hydrogen (secondary N) is 1. The summed E-state index contributed by atoms with van der Waals surface area (Å²) in [6, 6.07) is 2.98. The van der Waals surface area contributed by atoms with Gasteiger partial charge >= 0.3 is 5.97 Å². The van der Waals surface area contributed by atoms with E-state index < -0.39 is 24.0 Å². The topological polar surface area (TPSA) is 84.2 Å². The molecular weight excluding hydrogens is 304 g/mol. The minimum Gasteiger partial charge on any atom is -0.477 e. The number of carboxylic acids is 1. The summed E-state index contributed by atoms with van der Waals surface area (Å²) >= 11 is 1.01. The van der Waals surface area contributed by atoms with E-state index in [1.54, 1.807) is 6.07 Å². The standard InChI is InChI=1S/C12H11F2N3O3S/c1-17-9(10(13)14)7(5-16-17)11(18)15-4-6-2-3-8(21-6)12(19)20/h2-3,5,10H,4H2,1H3,(H,15,18)(H,19,20). The molecule has 0 radical (unpaired) electrons. The number of aryl methyl sites for hydroxylation is 1. The van der Waals surface area contributed by atoms with Crippen LogP contribution in [0, 0.1) is 0 Å². The van der Waals surface area contributed by atoms with Gasteiger partial charge in [0.1, 0.15) is 10.6 Å². The van der Waals surface area contributed by atoms with E-state index in [2.05, 4.69) is 10.4 Å². The Morgan fingerprint density at radius 1 is 1.48 bits per heavy atom. The van der Waals surface area contributed by atoms with E-state index in [1.807, 2.05) is 0 Å². The quantitative estimate of drug-likeness (QED) is 0.884. The van der Waals surface area contributed by atoms with Crippen molar-refractivity contribution < 1.29 is 23.5 Å². The predicted molar refractivity (Wildman–Crippen MR) is 70.6 cm³/mol. The van der Waals surface area contributed by atoms with E-state index in [1.165, 1.54) is 13.1 Å². The first kappa shape index (κ1) is 15.1. The van der Waals surface area contributed by atoms with Gasteiger partial charge in [-0.2, -0.15) is 5.10 Å². The van der Waals surface area contributed by atoms with Crippen LogP contribution in [0.25, 0.3) is 0 Å². The van der Waals surface area contributed by atoms with Gasteiger partial charge in [0.15, 0.2) is 0 Å². The van der Waals surface area contributed by atoms with Crippen LogP contribution in [0.15, 0.2) is 18.3 Å². The number of amides is 1. The molecule has 0 fully saturated rings. The molecule has 0 saturated carbocycles. The fourth-order valence-corrected chi connectivity index (χ4v) is 2.52. The zero-order valence-corrected chi connectivity index (χ0v) is 11.7. The summed E-state index contributed by atoms with van der Waals surface area (Å²) in [5.74, 6) is -1.73. The van der Waals surface area contributed by atoms with Crippen molar-refractivity contribution in [3.63, 3.8) is 0 Å². The fourth-order valence-electron chi connectivity index (χ4n) is 1.73. The third kappa shape index (κ3) is 3.24. The molecule has 0 saturated heterocycles. The van der Waals surface area contributed by atoms with Crippen LogP contribution in [0.2, 0.25) is 0 Å². The smallest absolute Gasteiger partial charge is 0.345 e. The van der Waals surface area contributed by atoms with Crippen molar-refractivity contribution in [3.05, 3.63) is 39.3 Å². The Bertz CT molecular complexity index is 681. The molecule has 112 valence electrons. The van der Waals surface area contributed by atoms with Gasteiger partial charge in [-0.05, 0) is 12.1 Å². The molecule has 2 N–H and O–H groups in total. The number of carbonyl (C=O) groups excluding carboxylic acids is 1. The molecular formula is C12H11F2N3O3S. The van der Waals surface area contributed by atoms with E-state index in [4.69, 9.17) is 5.11 Å². The van der Waals surface area contributed by atoms with Crippen molar-refractivity contribution in [1.29, 1.82) is 0 Å². The van der Waals surface area contributed by atoms with Crippen LogP contribution in [0.1, 0.15) is 37.0 Å². The minimum absolute atomic E-state index is 0.0638. The van der Waals surface area contributed by atoms with Gasteiger partial charge in [0.05, 0.1) is 18.3 Å². The lowest BCUT2D eigenvalue weighted by molar-refractivity contribution is 0.0702. The van der Waals surface area contributed by atoms with E-state index in [-0.39, 0.29) is 17.0 Å². The number of nitrogens with zero attached hydrogens (tertiary/aromatic N) is 2.